The first-order valence-electron chi connectivity index (χ1n) is 7.22. The van der Waals surface area contributed by atoms with Crippen molar-refractivity contribution < 1.29 is 4.79 Å². The van der Waals surface area contributed by atoms with Crippen LogP contribution in [0.5, 0.6) is 0 Å². The number of piperazine rings is 1. The van der Waals surface area contributed by atoms with Crippen molar-refractivity contribution in [3.63, 3.8) is 0 Å². The summed E-state index contributed by atoms with van der Waals surface area (Å²) in [6.07, 6.45) is 0.405. The number of carbonyl (C=O) groups excluding carboxylic acids is 1. The second-order valence-corrected chi connectivity index (χ2v) is 6.18. The van der Waals surface area contributed by atoms with E-state index in [0.29, 0.717) is 6.42 Å². The lowest BCUT2D eigenvalue weighted by Crippen LogP contribution is -2.46. The second-order valence-electron chi connectivity index (χ2n) is 5.32. The molecule has 2 aromatic rings. The number of hydrogen-bond donors (Lipinski definition) is 1. The largest absolute Gasteiger partial charge is 0.340 e. The van der Waals surface area contributed by atoms with E-state index in [4.69, 9.17) is 0 Å². The monoisotopic (exact) mass is 301 g/mol. The van der Waals surface area contributed by atoms with Crippen LogP contribution in [0.15, 0.2) is 29.6 Å². The SMILES string of the molecule is Cc1cccc(-c2nc(CC(=O)N3CCNCC3)cs2)c1. The Morgan fingerprint density at radius 2 is 2.19 bits per heavy atom. The molecule has 110 valence electrons. The minimum Gasteiger partial charge on any atom is -0.340 e. The van der Waals surface area contributed by atoms with Gasteiger partial charge in [0.15, 0.2) is 0 Å². The van der Waals surface area contributed by atoms with Gasteiger partial charge in [-0.3, -0.25) is 4.79 Å². The molecule has 0 spiro atoms. The summed E-state index contributed by atoms with van der Waals surface area (Å²) in [5.41, 5.74) is 3.22. The van der Waals surface area contributed by atoms with Crippen LogP contribution in [-0.4, -0.2) is 42.0 Å². The van der Waals surface area contributed by atoms with Gasteiger partial charge in [0.2, 0.25) is 5.91 Å². The van der Waals surface area contributed by atoms with Gasteiger partial charge < -0.3 is 10.2 Å². The summed E-state index contributed by atoms with van der Waals surface area (Å²) >= 11 is 1.61. The van der Waals surface area contributed by atoms with Crippen molar-refractivity contribution >= 4 is 17.2 Å². The molecule has 2 heterocycles. The number of aryl methyl sites for hydroxylation is 1. The maximum Gasteiger partial charge on any atom is 0.228 e. The molecule has 1 amide bonds. The molecule has 0 radical (unpaired) electrons. The molecule has 4 nitrogen and oxygen atoms in total. The lowest BCUT2D eigenvalue weighted by Gasteiger charge is -2.27. The average Bonchev–Trinajstić information content (AvgIpc) is 2.97. The fraction of sp³-hybridized carbons (Fsp3) is 0.375. The molecule has 0 atom stereocenters. The van der Waals surface area contributed by atoms with Gasteiger partial charge in [-0.15, -0.1) is 11.3 Å². The fourth-order valence-electron chi connectivity index (χ4n) is 2.48. The minimum atomic E-state index is 0.178. The molecule has 1 aromatic heterocycles. The van der Waals surface area contributed by atoms with Gasteiger partial charge in [0.05, 0.1) is 12.1 Å². The zero-order chi connectivity index (χ0) is 14.7. The van der Waals surface area contributed by atoms with E-state index < -0.39 is 0 Å². The highest BCUT2D eigenvalue weighted by Crippen LogP contribution is 2.24. The van der Waals surface area contributed by atoms with Gasteiger partial charge in [0, 0.05) is 37.1 Å². The van der Waals surface area contributed by atoms with Crippen LogP contribution in [0.3, 0.4) is 0 Å². The van der Waals surface area contributed by atoms with Gasteiger partial charge in [-0.2, -0.15) is 0 Å². The summed E-state index contributed by atoms with van der Waals surface area (Å²) in [4.78, 5) is 18.8. The molecule has 1 saturated heterocycles. The standard InChI is InChI=1S/C16H19N3OS/c1-12-3-2-4-13(9-12)16-18-14(11-21-16)10-15(20)19-7-5-17-6-8-19/h2-4,9,11,17H,5-8,10H2,1H3. The van der Waals surface area contributed by atoms with Gasteiger partial charge >= 0.3 is 0 Å². The van der Waals surface area contributed by atoms with Crippen LogP contribution in [0.4, 0.5) is 0 Å². The molecule has 5 heteroatoms. The number of aromatic nitrogens is 1. The molecule has 0 saturated carbocycles. The highest BCUT2D eigenvalue weighted by molar-refractivity contribution is 7.13. The molecule has 0 bridgehead atoms. The van der Waals surface area contributed by atoms with Crippen molar-refractivity contribution in [3.05, 3.63) is 40.9 Å². The fourth-order valence-corrected chi connectivity index (χ4v) is 3.30. The number of nitrogens with zero attached hydrogens (tertiary/aromatic N) is 2. The summed E-state index contributed by atoms with van der Waals surface area (Å²) in [5, 5.41) is 6.24. The Labute approximate surface area is 128 Å². The van der Waals surface area contributed by atoms with E-state index in [9.17, 15) is 4.79 Å². The van der Waals surface area contributed by atoms with Crippen LogP contribution in [0, 0.1) is 6.92 Å². The predicted octanol–water partition coefficient (Wildman–Crippen LogP) is 2.09. The van der Waals surface area contributed by atoms with E-state index in [-0.39, 0.29) is 5.91 Å². The maximum atomic E-state index is 12.2. The topological polar surface area (TPSA) is 45.2 Å². The van der Waals surface area contributed by atoms with Crippen molar-refractivity contribution in [2.75, 3.05) is 26.2 Å². The van der Waals surface area contributed by atoms with Crippen molar-refractivity contribution in [1.82, 2.24) is 15.2 Å². The Morgan fingerprint density at radius 3 is 2.95 bits per heavy atom. The van der Waals surface area contributed by atoms with Gasteiger partial charge in [-0.25, -0.2) is 4.98 Å². The van der Waals surface area contributed by atoms with E-state index in [2.05, 4.69) is 35.4 Å². The van der Waals surface area contributed by atoms with Gasteiger partial charge in [-0.1, -0.05) is 23.8 Å². The first kappa shape index (κ1) is 14.2. The number of amides is 1. The van der Waals surface area contributed by atoms with Crippen LogP contribution >= 0.6 is 11.3 Å². The van der Waals surface area contributed by atoms with Crippen LogP contribution in [0.25, 0.3) is 10.6 Å². The predicted molar refractivity (Wildman–Crippen MR) is 85.4 cm³/mol. The average molecular weight is 301 g/mol. The van der Waals surface area contributed by atoms with Gasteiger partial charge in [0.25, 0.3) is 0 Å². The molecule has 0 unspecified atom stereocenters. The van der Waals surface area contributed by atoms with Gasteiger partial charge in [-0.05, 0) is 13.0 Å². The summed E-state index contributed by atoms with van der Waals surface area (Å²) in [7, 11) is 0. The smallest absolute Gasteiger partial charge is 0.228 e. The first-order valence-corrected chi connectivity index (χ1v) is 8.10. The second kappa shape index (κ2) is 6.37. The van der Waals surface area contributed by atoms with E-state index in [0.717, 1.165) is 42.4 Å². The Hall–Kier alpha value is -1.72. The highest BCUT2D eigenvalue weighted by Gasteiger charge is 2.17. The zero-order valence-electron chi connectivity index (χ0n) is 12.1. The molecule has 0 aliphatic carbocycles. The molecule has 1 fully saturated rings. The first-order chi connectivity index (χ1) is 10.2. The minimum absolute atomic E-state index is 0.178. The molecule has 21 heavy (non-hydrogen) atoms. The number of carbonyl (C=O) groups is 1. The third kappa shape index (κ3) is 3.49. The lowest BCUT2D eigenvalue weighted by molar-refractivity contribution is -0.131. The Bertz CT molecular complexity index is 632. The number of thiazole rings is 1. The summed E-state index contributed by atoms with van der Waals surface area (Å²) in [5.74, 6) is 0.178. The summed E-state index contributed by atoms with van der Waals surface area (Å²) in [6, 6.07) is 8.30. The Morgan fingerprint density at radius 1 is 1.38 bits per heavy atom. The Balaban J connectivity index is 1.69. The number of nitrogens with one attached hydrogen (secondary N) is 1. The molecule has 3 rings (SSSR count). The van der Waals surface area contributed by atoms with E-state index in [1.54, 1.807) is 11.3 Å². The maximum absolute atomic E-state index is 12.2. The van der Waals surface area contributed by atoms with Crippen LogP contribution in [-0.2, 0) is 11.2 Å². The van der Waals surface area contributed by atoms with Crippen molar-refractivity contribution in [2.45, 2.75) is 13.3 Å². The third-order valence-corrected chi connectivity index (χ3v) is 4.56. The number of rotatable bonds is 3. The van der Waals surface area contributed by atoms with Gasteiger partial charge in [0.1, 0.15) is 5.01 Å². The lowest BCUT2D eigenvalue weighted by atomic mass is 10.1. The molecular formula is C16H19N3OS. The number of hydrogen-bond acceptors (Lipinski definition) is 4. The summed E-state index contributed by atoms with van der Waals surface area (Å²) < 4.78 is 0. The van der Waals surface area contributed by atoms with Crippen molar-refractivity contribution in [3.8, 4) is 10.6 Å². The van der Waals surface area contributed by atoms with Crippen molar-refractivity contribution in [2.24, 2.45) is 0 Å². The zero-order valence-corrected chi connectivity index (χ0v) is 12.9. The van der Waals surface area contributed by atoms with Crippen LogP contribution < -0.4 is 5.32 Å². The van der Waals surface area contributed by atoms with Crippen LogP contribution in [0.1, 0.15) is 11.3 Å². The molecular weight excluding hydrogens is 282 g/mol. The quantitative estimate of drug-likeness (QED) is 0.944. The van der Waals surface area contributed by atoms with E-state index >= 15 is 0 Å². The highest BCUT2D eigenvalue weighted by atomic mass is 32.1. The van der Waals surface area contributed by atoms with E-state index in [1.807, 2.05) is 16.3 Å². The van der Waals surface area contributed by atoms with Crippen LogP contribution in [0.2, 0.25) is 0 Å². The molecule has 1 aliphatic rings. The molecule has 1 aromatic carbocycles. The third-order valence-electron chi connectivity index (χ3n) is 3.62. The summed E-state index contributed by atoms with van der Waals surface area (Å²) in [6.45, 7) is 5.45. The molecule has 1 aliphatic heterocycles. The van der Waals surface area contributed by atoms with Crippen molar-refractivity contribution in [1.29, 1.82) is 0 Å². The van der Waals surface area contributed by atoms with E-state index in [1.165, 1.54) is 5.56 Å². The normalized spacial score (nSPS) is 15.2. The Kier molecular flexibility index (Phi) is 4.31. The molecule has 1 N–H and O–H groups in total. The number of benzene rings is 1.